The number of aromatic nitrogens is 2. The Morgan fingerprint density at radius 1 is 0.947 bits per heavy atom. The van der Waals surface area contributed by atoms with Crippen LogP contribution < -0.4 is 16.0 Å². The molecular formula is C30H45N7S. The lowest BCUT2D eigenvalue weighted by atomic mass is 10.1. The van der Waals surface area contributed by atoms with E-state index in [0.717, 1.165) is 34.7 Å². The molecule has 2 heterocycles. The minimum absolute atomic E-state index is 0.545. The Morgan fingerprint density at radius 3 is 2.29 bits per heavy atom. The van der Waals surface area contributed by atoms with Crippen LogP contribution in [0.25, 0.3) is 0 Å². The molecule has 38 heavy (non-hydrogen) atoms. The molecule has 1 fully saturated rings. The van der Waals surface area contributed by atoms with Crippen LogP contribution in [0.2, 0.25) is 0 Å². The zero-order valence-corrected chi connectivity index (χ0v) is 24.3. The zero-order valence-electron chi connectivity index (χ0n) is 23.5. The van der Waals surface area contributed by atoms with E-state index in [-0.39, 0.29) is 0 Å². The Bertz CT molecular complexity index is 988. The van der Waals surface area contributed by atoms with Crippen molar-refractivity contribution in [3.63, 3.8) is 0 Å². The van der Waals surface area contributed by atoms with Gasteiger partial charge in [0.25, 0.3) is 0 Å². The van der Waals surface area contributed by atoms with Gasteiger partial charge in [-0.05, 0) is 102 Å². The molecule has 3 N–H and O–H groups in total. The smallest absolute Gasteiger partial charge is 0.229 e. The number of likely N-dealkylation sites (N-methyl/N-ethyl adjacent to an activating group) is 1. The van der Waals surface area contributed by atoms with Gasteiger partial charge in [-0.25, -0.2) is 4.98 Å². The van der Waals surface area contributed by atoms with Crippen LogP contribution in [0.3, 0.4) is 0 Å². The summed E-state index contributed by atoms with van der Waals surface area (Å²) in [6.07, 6.45) is 6.97. The van der Waals surface area contributed by atoms with E-state index in [2.05, 4.69) is 88.4 Å². The molecular weight excluding hydrogens is 490 g/mol. The molecule has 7 nitrogen and oxygen atoms in total. The highest BCUT2D eigenvalue weighted by Crippen LogP contribution is 2.19. The van der Waals surface area contributed by atoms with Crippen LogP contribution in [0.1, 0.15) is 38.2 Å². The fraction of sp³-hybridized carbons (Fsp3) is 0.467. The van der Waals surface area contributed by atoms with E-state index in [1.807, 2.05) is 42.5 Å². The summed E-state index contributed by atoms with van der Waals surface area (Å²) in [5.41, 5.74) is 3.14. The summed E-state index contributed by atoms with van der Waals surface area (Å²) in [6.45, 7) is 10.4. The third kappa shape index (κ3) is 11.4. The normalized spacial score (nSPS) is 14.2. The minimum Gasteiger partial charge on any atom is -0.340 e. The van der Waals surface area contributed by atoms with Gasteiger partial charge in [0, 0.05) is 41.6 Å². The highest BCUT2D eigenvalue weighted by Gasteiger charge is 2.15. The van der Waals surface area contributed by atoms with Crippen molar-refractivity contribution in [3.8, 4) is 0 Å². The predicted octanol–water partition coefficient (Wildman–Crippen LogP) is 5.96. The van der Waals surface area contributed by atoms with Gasteiger partial charge in [0.1, 0.15) is 5.82 Å². The van der Waals surface area contributed by atoms with Crippen LogP contribution in [0.15, 0.2) is 65.7 Å². The number of anilines is 4. The summed E-state index contributed by atoms with van der Waals surface area (Å²) in [6, 6.07) is 18.5. The maximum atomic E-state index is 4.46. The molecule has 3 aromatic rings. The first-order valence-corrected chi connectivity index (χ1v) is 14.2. The van der Waals surface area contributed by atoms with Gasteiger partial charge in [-0.3, -0.25) is 0 Å². The number of unbranched alkanes of at least 4 members (excludes halogenated alkanes) is 1. The van der Waals surface area contributed by atoms with E-state index in [9.17, 15) is 0 Å². The van der Waals surface area contributed by atoms with Crippen molar-refractivity contribution in [1.29, 1.82) is 0 Å². The first kappa shape index (κ1) is 29.9. The van der Waals surface area contributed by atoms with Crippen molar-refractivity contribution < 1.29 is 0 Å². The van der Waals surface area contributed by atoms with E-state index in [0.29, 0.717) is 5.95 Å². The lowest BCUT2D eigenvalue weighted by Gasteiger charge is -2.30. The number of benzene rings is 2. The van der Waals surface area contributed by atoms with Crippen LogP contribution in [0.5, 0.6) is 0 Å². The topological polar surface area (TPSA) is 68.3 Å². The number of likely N-dealkylation sites (tertiary alicyclic amines) is 1. The van der Waals surface area contributed by atoms with Gasteiger partial charge in [-0.15, -0.1) is 12.6 Å². The monoisotopic (exact) mass is 535 g/mol. The molecule has 0 radical (unpaired) electrons. The number of thiol groups is 1. The fourth-order valence-electron chi connectivity index (χ4n) is 4.16. The van der Waals surface area contributed by atoms with Gasteiger partial charge in [-0.2, -0.15) is 4.98 Å². The highest BCUT2D eigenvalue weighted by molar-refractivity contribution is 7.80. The molecule has 0 aliphatic carbocycles. The predicted molar refractivity (Wildman–Crippen MR) is 164 cm³/mol. The largest absolute Gasteiger partial charge is 0.340 e. The van der Waals surface area contributed by atoms with Crippen LogP contribution >= 0.6 is 12.6 Å². The van der Waals surface area contributed by atoms with Crippen molar-refractivity contribution in [2.24, 2.45) is 0 Å². The minimum atomic E-state index is 0.545. The van der Waals surface area contributed by atoms with Gasteiger partial charge < -0.3 is 25.8 Å². The summed E-state index contributed by atoms with van der Waals surface area (Å²) >= 11 is 4.27. The van der Waals surface area contributed by atoms with E-state index < -0.39 is 0 Å². The number of hydrogen-bond acceptors (Lipinski definition) is 8. The molecule has 1 saturated heterocycles. The summed E-state index contributed by atoms with van der Waals surface area (Å²) in [5.74, 6) is 1.29. The molecule has 0 bridgehead atoms. The molecule has 2 aromatic carbocycles. The second-order valence-electron chi connectivity index (χ2n) is 10.1. The van der Waals surface area contributed by atoms with Crippen LogP contribution in [-0.2, 0) is 0 Å². The molecule has 1 aromatic heterocycles. The van der Waals surface area contributed by atoms with Crippen molar-refractivity contribution in [2.45, 2.75) is 50.5 Å². The Kier molecular flexibility index (Phi) is 12.9. The Hall–Kier alpha value is -2.65. The quantitative estimate of drug-likeness (QED) is 0.226. The molecule has 0 saturated carbocycles. The summed E-state index contributed by atoms with van der Waals surface area (Å²) < 4.78 is 0. The maximum absolute atomic E-state index is 4.46. The number of nitrogens with one attached hydrogen (secondary N) is 3. The molecule has 4 rings (SSSR count). The second kappa shape index (κ2) is 16.3. The molecule has 206 valence electrons. The number of aryl methyl sites for hydroxylation is 1. The zero-order chi connectivity index (χ0) is 27.2. The highest BCUT2D eigenvalue weighted by atomic mass is 32.1. The number of piperidine rings is 1. The third-order valence-electron chi connectivity index (χ3n) is 6.64. The van der Waals surface area contributed by atoms with E-state index >= 15 is 0 Å². The average Bonchev–Trinajstić information content (AvgIpc) is 2.92. The lowest BCUT2D eigenvalue weighted by molar-refractivity contribution is 0.228. The molecule has 1 aliphatic heterocycles. The summed E-state index contributed by atoms with van der Waals surface area (Å²) in [7, 11) is 4.45. The molecule has 0 amide bonds. The molecule has 0 spiro atoms. The summed E-state index contributed by atoms with van der Waals surface area (Å²) in [5, 5.41) is 10.1. The number of rotatable bonds is 11. The van der Waals surface area contributed by atoms with Crippen molar-refractivity contribution in [2.75, 3.05) is 57.5 Å². The van der Waals surface area contributed by atoms with E-state index in [1.165, 1.54) is 57.4 Å². The van der Waals surface area contributed by atoms with Crippen molar-refractivity contribution in [1.82, 2.24) is 25.1 Å². The fourth-order valence-corrected chi connectivity index (χ4v) is 4.31. The Morgan fingerprint density at radius 2 is 1.61 bits per heavy atom. The Labute approximate surface area is 234 Å². The lowest BCUT2D eigenvalue weighted by Crippen LogP contribution is -2.43. The standard InChI is InChI=1S/C17H16N4S.C13H29N3/c1-12-2-4-13(5-3-12)19-16-10-11-18-17(21-16)20-14-6-8-15(22)9-7-14;1-4-5-9-15(2)12-8-14-13-6-10-16(3)11-7-13/h2-11,22H,1H3,(H2,18,19,20,21);13-14H,4-12H2,1-3H3. The van der Waals surface area contributed by atoms with E-state index in [4.69, 9.17) is 0 Å². The molecule has 0 atom stereocenters. The van der Waals surface area contributed by atoms with Gasteiger partial charge >= 0.3 is 0 Å². The van der Waals surface area contributed by atoms with E-state index in [1.54, 1.807) is 6.20 Å². The molecule has 1 aliphatic rings. The van der Waals surface area contributed by atoms with Crippen LogP contribution in [0.4, 0.5) is 23.1 Å². The summed E-state index contributed by atoms with van der Waals surface area (Å²) in [4.78, 5) is 14.5. The second-order valence-corrected chi connectivity index (χ2v) is 10.6. The van der Waals surface area contributed by atoms with Gasteiger partial charge in [0.05, 0.1) is 0 Å². The number of hydrogen-bond donors (Lipinski definition) is 4. The SMILES string of the molecule is CCCCN(C)CCNC1CCN(C)CC1.Cc1ccc(Nc2ccnc(Nc3ccc(S)cc3)n2)cc1. The van der Waals surface area contributed by atoms with Crippen molar-refractivity contribution >= 4 is 35.8 Å². The first-order valence-electron chi connectivity index (χ1n) is 13.7. The third-order valence-corrected chi connectivity index (χ3v) is 6.94. The van der Waals surface area contributed by atoms with Gasteiger partial charge in [-0.1, -0.05) is 31.0 Å². The van der Waals surface area contributed by atoms with Crippen LogP contribution in [0, 0.1) is 6.92 Å². The van der Waals surface area contributed by atoms with Gasteiger partial charge in [0.15, 0.2) is 0 Å². The maximum Gasteiger partial charge on any atom is 0.229 e. The van der Waals surface area contributed by atoms with Gasteiger partial charge in [0.2, 0.25) is 5.95 Å². The average molecular weight is 536 g/mol. The van der Waals surface area contributed by atoms with Crippen molar-refractivity contribution in [3.05, 3.63) is 66.4 Å². The number of nitrogens with zero attached hydrogens (tertiary/aromatic N) is 4. The Balaban J connectivity index is 0.000000223. The molecule has 8 heteroatoms. The first-order chi connectivity index (χ1) is 18.4. The molecule has 0 unspecified atom stereocenters. The van der Waals surface area contributed by atoms with Crippen LogP contribution in [-0.4, -0.2) is 72.6 Å².